The predicted molar refractivity (Wildman–Crippen MR) is 47.9 cm³/mol. The molecule has 1 heteroatoms. The van der Waals surface area contributed by atoms with E-state index in [1.807, 2.05) is 0 Å². The van der Waals surface area contributed by atoms with Gasteiger partial charge < -0.3 is 5.73 Å². The monoisotopic (exact) mass is 154 g/mol. The lowest BCUT2D eigenvalue weighted by Gasteiger charge is -1.97. The van der Waals surface area contributed by atoms with Crippen LogP contribution in [-0.4, -0.2) is 6.54 Å². The van der Waals surface area contributed by atoms with Crippen molar-refractivity contribution in [1.29, 1.82) is 0 Å². The van der Waals surface area contributed by atoms with Crippen LogP contribution in [0.4, 0.5) is 0 Å². The third kappa shape index (κ3) is 1.48. The van der Waals surface area contributed by atoms with Gasteiger partial charge in [-0.1, -0.05) is 25.5 Å². The van der Waals surface area contributed by atoms with Crippen molar-refractivity contribution < 1.29 is 5.73 Å². The number of rotatable bonds is 2. The van der Waals surface area contributed by atoms with Crippen LogP contribution in [0.25, 0.3) is 0 Å². The van der Waals surface area contributed by atoms with Gasteiger partial charge in [-0.3, -0.25) is 0 Å². The van der Waals surface area contributed by atoms with Gasteiger partial charge in [-0.15, -0.1) is 0 Å². The zero-order chi connectivity index (χ0) is 8.65. The van der Waals surface area contributed by atoms with Crippen molar-refractivity contribution in [3.63, 3.8) is 0 Å². The Hall–Kier alpha value is -0.300. The Morgan fingerprint density at radius 1 is 1.45 bits per heavy atom. The number of allylic oxidation sites excluding steroid dienone is 2. The summed E-state index contributed by atoms with van der Waals surface area (Å²) in [7, 11) is 0. The topological polar surface area (TPSA) is 27.6 Å². The molecule has 3 N–H and O–H groups in total. The van der Waals surface area contributed by atoms with Gasteiger partial charge in [0, 0.05) is 5.92 Å². The van der Waals surface area contributed by atoms with Gasteiger partial charge in [-0.25, -0.2) is 0 Å². The molecular weight excluding hydrogens is 134 g/mol. The minimum Gasteiger partial charge on any atom is -0.357 e. The first-order valence-electron chi connectivity index (χ1n) is 4.44. The van der Waals surface area contributed by atoms with E-state index in [1.54, 1.807) is 0 Å². The number of hydrogen-bond donors (Lipinski definition) is 1. The Balaban J connectivity index is 2.59. The van der Waals surface area contributed by atoms with E-state index in [-0.39, 0.29) is 0 Å². The summed E-state index contributed by atoms with van der Waals surface area (Å²) < 4.78 is 0. The van der Waals surface area contributed by atoms with E-state index in [0.717, 1.165) is 18.4 Å². The molecule has 2 atom stereocenters. The summed E-state index contributed by atoms with van der Waals surface area (Å²) in [6.45, 7) is 10.1. The summed E-state index contributed by atoms with van der Waals surface area (Å²) in [6, 6.07) is 0. The maximum Gasteiger partial charge on any atom is 0.0779 e. The summed E-state index contributed by atoms with van der Waals surface area (Å²) in [5.41, 5.74) is 5.94. The van der Waals surface area contributed by atoms with E-state index in [9.17, 15) is 0 Å². The molecule has 0 amide bonds. The molecule has 0 saturated heterocycles. The minimum atomic E-state index is 0.527. The first-order valence-corrected chi connectivity index (χ1v) is 4.44. The maximum absolute atomic E-state index is 3.97. The van der Waals surface area contributed by atoms with E-state index in [4.69, 9.17) is 0 Å². The minimum absolute atomic E-state index is 0.527. The van der Waals surface area contributed by atoms with Gasteiger partial charge in [0.15, 0.2) is 0 Å². The second-order valence-electron chi connectivity index (χ2n) is 4.49. The van der Waals surface area contributed by atoms with Crippen molar-refractivity contribution in [1.82, 2.24) is 0 Å². The fourth-order valence-corrected chi connectivity index (χ4v) is 2.03. The standard InChI is InChI=1S/C10H19N/c1-7(2)5-8-9(6-11)10(8,3)4/h5,8-9H,6,11H2,1-4H3/p+1/t8-,9+/m0/s1. The van der Waals surface area contributed by atoms with Crippen molar-refractivity contribution in [2.75, 3.05) is 6.54 Å². The van der Waals surface area contributed by atoms with Crippen LogP contribution in [0.15, 0.2) is 11.6 Å². The van der Waals surface area contributed by atoms with Gasteiger partial charge in [-0.05, 0) is 25.2 Å². The molecule has 0 aromatic heterocycles. The molecule has 0 radical (unpaired) electrons. The fourth-order valence-electron chi connectivity index (χ4n) is 2.03. The molecule has 1 aliphatic carbocycles. The summed E-state index contributed by atoms with van der Waals surface area (Å²) in [5.74, 6) is 1.63. The zero-order valence-corrected chi connectivity index (χ0v) is 8.15. The van der Waals surface area contributed by atoms with Crippen LogP contribution in [0.2, 0.25) is 0 Å². The van der Waals surface area contributed by atoms with E-state index >= 15 is 0 Å². The quantitative estimate of drug-likeness (QED) is 0.583. The van der Waals surface area contributed by atoms with Gasteiger partial charge in [-0.2, -0.15) is 0 Å². The molecule has 0 heterocycles. The Morgan fingerprint density at radius 2 is 2.00 bits per heavy atom. The molecule has 1 saturated carbocycles. The third-order valence-corrected chi connectivity index (χ3v) is 2.96. The van der Waals surface area contributed by atoms with E-state index in [1.165, 1.54) is 5.57 Å². The van der Waals surface area contributed by atoms with E-state index in [2.05, 4.69) is 39.5 Å². The summed E-state index contributed by atoms with van der Waals surface area (Å²) in [4.78, 5) is 0. The Bertz CT molecular complexity index is 175. The van der Waals surface area contributed by atoms with Crippen LogP contribution in [0.5, 0.6) is 0 Å². The van der Waals surface area contributed by atoms with Gasteiger partial charge in [0.25, 0.3) is 0 Å². The number of quaternary nitrogens is 1. The molecule has 1 nitrogen and oxygen atoms in total. The van der Waals surface area contributed by atoms with Crippen LogP contribution in [-0.2, 0) is 0 Å². The van der Waals surface area contributed by atoms with Crippen molar-refractivity contribution in [2.24, 2.45) is 17.3 Å². The van der Waals surface area contributed by atoms with Gasteiger partial charge in [0.1, 0.15) is 0 Å². The normalized spacial score (nSPS) is 33.2. The van der Waals surface area contributed by atoms with Crippen molar-refractivity contribution in [2.45, 2.75) is 27.7 Å². The van der Waals surface area contributed by atoms with Crippen LogP contribution in [0.3, 0.4) is 0 Å². The van der Waals surface area contributed by atoms with Crippen LogP contribution in [0, 0.1) is 17.3 Å². The fraction of sp³-hybridized carbons (Fsp3) is 0.800. The van der Waals surface area contributed by atoms with Crippen LogP contribution >= 0.6 is 0 Å². The molecular formula is C10H20N+. The smallest absolute Gasteiger partial charge is 0.0779 e. The molecule has 0 unspecified atom stereocenters. The molecule has 1 fully saturated rings. The third-order valence-electron chi connectivity index (χ3n) is 2.96. The van der Waals surface area contributed by atoms with E-state index < -0.39 is 0 Å². The average Bonchev–Trinajstić information content (AvgIpc) is 2.33. The largest absolute Gasteiger partial charge is 0.357 e. The molecule has 0 spiro atoms. The first-order chi connectivity index (χ1) is 5.00. The van der Waals surface area contributed by atoms with Crippen LogP contribution < -0.4 is 5.73 Å². The van der Waals surface area contributed by atoms with Crippen molar-refractivity contribution in [3.8, 4) is 0 Å². The average molecular weight is 154 g/mol. The lowest BCUT2D eigenvalue weighted by Crippen LogP contribution is -2.52. The Labute approximate surface area is 69.7 Å². The second kappa shape index (κ2) is 2.63. The first kappa shape index (κ1) is 8.79. The highest BCUT2D eigenvalue weighted by atomic mass is 14.7. The van der Waals surface area contributed by atoms with Crippen LogP contribution in [0.1, 0.15) is 27.7 Å². The second-order valence-corrected chi connectivity index (χ2v) is 4.49. The molecule has 64 valence electrons. The highest BCUT2D eigenvalue weighted by molar-refractivity contribution is 5.16. The number of hydrogen-bond acceptors (Lipinski definition) is 0. The summed E-state index contributed by atoms with van der Waals surface area (Å²) in [5, 5.41) is 0. The van der Waals surface area contributed by atoms with Gasteiger partial charge >= 0.3 is 0 Å². The summed E-state index contributed by atoms with van der Waals surface area (Å²) >= 11 is 0. The highest BCUT2D eigenvalue weighted by Gasteiger charge is 2.56. The molecule has 1 aliphatic rings. The molecule has 11 heavy (non-hydrogen) atoms. The van der Waals surface area contributed by atoms with Gasteiger partial charge in [0.2, 0.25) is 0 Å². The molecule has 0 bridgehead atoms. The maximum atomic E-state index is 3.97. The Kier molecular flexibility index (Phi) is 2.10. The molecule has 0 aromatic carbocycles. The van der Waals surface area contributed by atoms with Crippen molar-refractivity contribution in [3.05, 3.63) is 11.6 Å². The van der Waals surface area contributed by atoms with Crippen molar-refractivity contribution >= 4 is 0 Å². The summed E-state index contributed by atoms with van der Waals surface area (Å²) in [6.07, 6.45) is 2.40. The molecule has 0 aromatic rings. The van der Waals surface area contributed by atoms with E-state index in [0.29, 0.717) is 5.41 Å². The van der Waals surface area contributed by atoms with Gasteiger partial charge in [0.05, 0.1) is 6.54 Å². The predicted octanol–water partition coefficient (Wildman–Crippen LogP) is 1.47. The zero-order valence-electron chi connectivity index (χ0n) is 8.15. The SMILES string of the molecule is CC(C)=C[C@H]1[C@@H](C[NH3+])C1(C)C. The lowest BCUT2D eigenvalue weighted by molar-refractivity contribution is -0.374. The molecule has 0 aliphatic heterocycles. The highest BCUT2D eigenvalue weighted by Crippen LogP contribution is 2.58. The Morgan fingerprint density at radius 3 is 2.27 bits per heavy atom. The lowest BCUT2D eigenvalue weighted by atomic mass is 10.1. The molecule has 1 rings (SSSR count).